The Labute approximate surface area is 216 Å². The molecule has 184 valence electrons. The third-order valence-electron chi connectivity index (χ3n) is 6.98. The van der Waals surface area contributed by atoms with E-state index in [1.54, 1.807) is 0 Å². The van der Waals surface area contributed by atoms with Gasteiger partial charge in [0.2, 0.25) is 0 Å². The van der Waals surface area contributed by atoms with Crippen LogP contribution in [0.5, 0.6) is 0 Å². The van der Waals surface area contributed by atoms with Gasteiger partial charge in [-0.15, -0.1) is 0 Å². The van der Waals surface area contributed by atoms with Gasteiger partial charge in [0.25, 0.3) is 0 Å². The van der Waals surface area contributed by atoms with E-state index >= 15 is 0 Å². The SMILES string of the molecule is Cc1ccc(NC(=S)NC[C@]2(C)C[C@@H](NC(=S)Nc3ccc(C)c(C)c3)CC(C)(C)C2)cc1C. The van der Waals surface area contributed by atoms with Crippen molar-refractivity contribution in [3.8, 4) is 0 Å². The first-order valence-corrected chi connectivity index (χ1v) is 12.9. The van der Waals surface area contributed by atoms with Gasteiger partial charge < -0.3 is 21.3 Å². The number of nitrogens with one attached hydrogen (secondary N) is 4. The van der Waals surface area contributed by atoms with E-state index in [4.69, 9.17) is 24.4 Å². The van der Waals surface area contributed by atoms with Crippen LogP contribution in [0.1, 0.15) is 62.3 Å². The van der Waals surface area contributed by atoms with E-state index in [9.17, 15) is 0 Å². The second kappa shape index (κ2) is 10.6. The number of anilines is 2. The number of thiocarbonyl (C=S) groups is 2. The molecule has 1 aliphatic rings. The smallest absolute Gasteiger partial charge is 0.170 e. The number of hydrogen-bond donors (Lipinski definition) is 4. The molecule has 0 heterocycles. The summed E-state index contributed by atoms with van der Waals surface area (Å²) in [5.74, 6) is 0. The minimum Gasteiger partial charge on any atom is -0.362 e. The Morgan fingerprint density at radius 2 is 1.32 bits per heavy atom. The maximum absolute atomic E-state index is 5.67. The lowest BCUT2D eigenvalue weighted by Crippen LogP contribution is -2.51. The zero-order valence-electron chi connectivity index (χ0n) is 21.7. The maximum atomic E-state index is 5.67. The fourth-order valence-corrected chi connectivity index (χ4v) is 5.80. The minimum absolute atomic E-state index is 0.102. The monoisotopic (exact) mass is 496 g/mol. The van der Waals surface area contributed by atoms with E-state index in [0.717, 1.165) is 37.2 Å². The maximum Gasteiger partial charge on any atom is 0.170 e. The highest BCUT2D eigenvalue weighted by Gasteiger charge is 2.41. The highest BCUT2D eigenvalue weighted by Crippen LogP contribution is 2.45. The average Bonchev–Trinajstić information content (AvgIpc) is 2.70. The van der Waals surface area contributed by atoms with E-state index in [2.05, 4.69) is 106 Å². The normalized spacial score (nSPS) is 21.4. The summed E-state index contributed by atoms with van der Waals surface area (Å²) in [6, 6.07) is 13.0. The van der Waals surface area contributed by atoms with Crippen LogP contribution >= 0.6 is 24.4 Å². The first kappa shape index (κ1) is 26.4. The van der Waals surface area contributed by atoms with Crippen LogP contribution in [-0.2, 0) is 0 Å². The highest BCUT2D eigenvalue weighted by atomic mass is 32.1. The molecule has 1 saturated carbocycles. The van der Waals surface area contributed by atoms with Gasteiger partial charge in [0.15, 0.2) is 10.2 Å². The average molecular weight is 497 g/mol. The van der Waals surface area contributed by atoms with Crippen molar-refractivity contribution in [3.05, 3.63) is 58.7 Å². The molecule has 2 aromatic rings. The Balaban J connectivity index is 1.58. The first-order valence-electron chi connectivity index (χ1n) is 12.1. The van der Waals surface area contributed by atoms with Crippen LogP contribution in [-0.4, -0.2) is 22.8 Å². The Morgan fingerprint density at radius 1 is 0.794 bits per heavy atom. The van der Waals surface area contributed by atoms with E-state index < -0.39 is 0 Å². The Hall–Kier alpha value is -2.18. The number of aryl methyl sites for hydroxylation is 4. The van der Waals surface area contributed by atoms with Crippen LogP contribution < -0.4 is 21.3 Å². The van der Waals surface area contributed by atoms with Gasteiger partial charge in [-0.3, -0.25) is 0 Å². The van der Waals surface area contributed by atoms with Crippen LogP contribution in [0.3, 0.4) is 0 Å². The van der Waals surface area contributed by atoms with Crippen molar-refractivity contribution in [3.63, 3.8) is 0 Å². The van der Waals surface area contributed by atoms with Crippen LogP contribution in [0.2, 0.25) is 0 Å². The summed E-state index contributed by atoms with van der Waals surface area (Å²) in [6.45, 7) is 16.4. The zero-order chi connectivity index (χ0) is 25.1. The summed E-state index contributed by atoms with van der Waals surface area (Å²) in [5.41, 5.74) is 7.45. The number of rotatable bonds is 5. The fourth-order valence-electron chi connectivity index (χ4n) is 5.33. The summed E-state index contributed by atoms with van der Waals surface area (Å²) in [6.07, 6.45) is 3.25. The largest absolute Gasteiger partial charge is 0.362 e. The predicted octanol–water partition coefficient (Wildman–Crippen LogP) is 6.78. The number of hydrogen-bond acceptors (Lipinski definition) is 2. The van der Waals surface area contributed by atoms with Crippen molar-refractivity contribution >= 4 is 46.0 Å². The van der Waals surface area contributed by atoms with E-state index in [0.29, 0.717) is 16.3 Å². The third kappa shape index (κ3) is 7.41. The van der Waals surface area contributed by atoms with Gasteiger partial charge in [-0.25, -0.2) is 0 Å². The van der Waals surface area contributed by atoms with Gasteiger partial charge in [-0.05, 0) is 129 Å². The summed E-state index contributed by atoms with van der Waals surface area (Å²) in [7, 11) is 0. The molecule has 0 amide bonds. The quantitative estimate of drug-likeness (QED) is 0.342. The topological polar surface area (TPSA) is 48.1 Å². The molecular formula is C28H40N4S2. The Morgan fingerprint density at radius 3 is 1.85 bits per heavy atom. The van der Waals surface area contributed by atoms with Crippen LogP contribution in [0.25, 0.3) is 0 Å². The second-order valence-electron chi connectivity index (χ2n) is 11.3. The first-order chi connectivity index (χ1) is 15.8. The molecular weight excluding hydrogens is 456 g/mol. The Bertz CT molecular complexity index is 1060. The molecule has 0 aromatic heterocycles. The van der Waals surface area contributed by atoms with Gasteiger partial charge in [-0.1, -0.05) is 32.9 Å². The summed E-state index contributed by atoms with van der Waals surface area (Å²) in [4.78, 5) is 0. The fraction of sp³-hybridized carbons (Fsp3) is 0.500. The van der Waals surface area contributed by atoms with E-state index in [1.807, 2.05) is 0 Å². The summed E-state index contributed by atoms with van der Waals surface area (Å²) in [5, 5.41) is 15.1. The molecule has 4 N–H and O–H groups in total. The highest BCUT2D eigenvalue weighted by molar-refractivity contribution is 7.80. The van der Waals surface area contributed by atoms with Crippen LogP contribution in [0, 0.1) is 38.5 Å². The molecule has 0 bridgehead atoms. The predicted molar refractivity (Wildman–Crippen MR) is 155 cm³/mol. The van der Waals surface area contributed by atoms with Gasteiger partial charge in [0.05, 0.1) is 0 Å². The molecule has 2 atom stereocenters. The van der Waals surface area contributed by atoms with Gasteiger partial charge in [-0.2, -0.15) is 0 Å². The van der Waals surface area contributed by atoms with Gasteiger partial charge >= 0.3 is 0 Å². The van der Waals surface area contributed by atoms with Crippen molar-refractivity contribution in [1.82, 2.24) is 10.6 Å². The molecule has 0 unspecified atom stereocenters. The molecule has 34 heavy (non-hydrogen) atoms. The van der Waals surface area contributed by atoms with Gasteiger partial charge in [0.1, 0.15) is 0 Å². The van der Waals surface area contributed by atoms with E-state index in [-0.39, 0.29) is 10.8 Å². The van der Waals surface area contributed by atoms with Crippen molar-refractivity contribution < 1.29 is 0 Å². The lowest BCUT2D eigenvalue weighted by Gasteiger charge is -2.47. The van der Waals surface area contributed by atoms with E-state index in [1.165, 1.54) is 22.3 Å². The molecule has 1 aliphatic carbocycles. The zero-order valence-corrected chi connectivity index (χ0v) is 23.3. The molecule has 0 saturated heterocycles. The molecule has 0 aliphatic heterocycles. The standard InChI is InChI=1S/C28H40N4S2/c1-18-8-10-22(12-20(18)3)30-25(33)29-17-28(7)15-24(14-27(5,6)16-28)32-26(34)31-23-11-9-19(2)21(4)13-23/h8-13,24H,14-17H2,1-7H3,(H2,29,30,33)(H2,31,32,34)/t24-,28+/m0/s1. The van der Waals surface area contributed by atoms with Crippen molar-refractivity contribution in [2.75, 3.05) is 17.2 Å². The number of benzene rings is 2. The lowest BCUT2D eigenvalue weighted by molar-refractivity contribution is 0.0807. The second-order valence-corrected chi connectivity index (χ2v) is 12.1. The summed E-state index contributed by atoms with van der Waals surface area (Å²) < 4.78 is 0. The van der Waals surface area contributed by atoms with Crippen LogP contribution in [0.15, 0.2) is 36.4 Å². The molecule has 2 aromatic carbocycles. The van der Waals surface area contributed by atoms with Crippen molar-refractivity contribution in [2.45, 2.75) is 73.8 Å². The molecule has 1 fully saturated rings. The van der Waals surface area contributed by atoms with Crippen LogP contribution in [0.4, 0.5) is 11.4 Å². The molecule has 6 heteroatoms. The molecule has 3 rings (SSSR count). The van der Waals surface area contributed by atoms with Crippen molar-refractivity contribution in [2.24, 2.45) is 10.8 Å². The summed E-state index contributed by atoms with van der Waals surface area (Å²) >= 11 is 11.3. The third-order valence-corrected chi connectivity index (χ3v) is 7.45. The van der Waals surface area contributed by atoms with Crippen molar-refractivity contribution in [1.29, 1.82) is 0 Å². The molecule has 0 spiro atoms. The molecule has 4 nitrogen and oxygen atoms in total. The minimum atomic E-state index is 0.102. The Kier molecular flexibility index (Phi) is 8.25. The van der Waals surface area contributed by atoms with Gasteiger partial charge in [0, 0.05) is 24.0 Å². The molecule has 0 radical (unpaired) electrons. The lowest BCUT2D eigenvalue weighted by atomic mass is 9.62.